The van der Waals surface area contributed by atoms with E-state index in [0.29, 0.717) is 0 Å². The van der Waals surface area contributed by atoms with E-state index in [1.165, 1.54) is 4.70 Å². The van der Waals surface area contributed by atoms with Crippen molar-refractivity contribution in [1.82, 2.24) is 9.88 Å². The molecule has 0 saturated carbocycles. The van der Waals surface area contributed by atoms with Crippen LogP contribution < -0.4 is 4.90 Å². The maximum Gasteiger partial charge on any atom is 0.264 e. The van der Waals surface area contributed by atoms with E-state index in [1.807, 2.05) is 34.7 Å². The third-order valence-electron chi connectivity index (χ3n) is 4.11. The first kappa shape index (κ1) is 14.7. The number of amides is 1. The molecule has 0 radical (unpaired) electrons. The third-order valence-corrected chi connectivity index (χ3v) is 6.05. The van der Waals surface area contributed by atoms with Gasteiger partial charge in [-0.05, 0) is 23.9 Å². The first-order valence-electron chi connectivity index (χ1n) is 7.73. The zero-order chi connectivity index (χ0) is 15.6. The highest BCUT2D eigenvalue weighted by atomic mass is 32.1. The number of aromatic nitrogens is 1. The zero-order valence-corrected chi connectivity index (χ0v) is 14.3. The number of carbonyl (C=O) groups is 1. The second kappa shape index (κ2) is 6.29. The number of benzene rings is 1. The lowest BCUT2D eigenvalue weighted by atomic mass is 10.2. The molecule has 1 saturated heterocycles. The van der Waals surface area contributed by atoms with Crippen LogP contribution in [0.25, 0.3) is 10.1 Å². The van der Waals surface area contributed by atoms with Crippen molar-refractivity contribution in [2.24, 2.45) is 0 Å². The van der Waals surface area contributed by atoms with Crippen molar-refractivity contribution in [2.45, 2.75) is 6.42 Å². The largest absolute Gasteiger partial charge is 0.346 e. The lowest BCUT2D eigenvalue weighted by Crippen LogP contribution is -2.34. The van der Waals surface area contributed by atoms with Gasteiger partial charge in [-0.25, -0.2) is 4.98 Å². The second-order valence-electron chi connectivity index (χ2n) is 5.60. The molecule has 4 nitrogen and oxygen atoms in total. The summed E-state index contributed by atoms with van der Waals surface area (Å²) in [4.78, 5) is 22.3. The third kappa shape index (κ3) is 2.96. The van der Waals surface area contributed by atoms with Crippen LogP contribution in [0, 0.1) is 0 Å². The topological polar surface area (TPSA) is 36.4 Å². The first-order chi connectivity index (χ1) is 11.3. The number of thiophene rings is 1. The molecule has 3 aromatic rings. The average molecular weight is 343 g/mol. The van der Waals surface area contributed by atoms with Crippen LogP contribution in [0.5, 0.6) is 0 Å². The van der Waals surface area contributed by atoms with E-state index >= 15 is 0 Å². The van der Waals surface area contributed by atoms with Crippen LogP contribution in [0.2, 0.25) is 0 Å². The van der Waals surface area contributed by atoms with Gasteiger partial charge in [0.25, 0.3) is 5.91 Å². The van der Waals surface area contributed by atoms with Gasteiger partial charge in [0, 0.05) is 42.5 Å². The number of fused-ring (bicyclic) bond motifs is 1. The van der Waals surface area contributed by atoms with E-state index in [2.05, 4.69) is 22.0 Å². The summed E-state index contributed by atoms with van der Waals surface area (Å²) >= 11 is 3.25. The normalized spacial score (nSPS) is 15.8. The minimum absolute atomic E-state index is 0.159. The summed E-state index contributed by atoms with van der Waals surface area (Å²) < 4.78 is 1.18. The lowest BCUT2D eigenvalue weighted by Gasteiger charge is -2.21. The summed E-state index contributed by atoms with van der Waals surface area (Å²) in [6, 6.07) is 10.2. The molecule has 0 spiro atoms. The molecule has 6 heteroatoms. The number of thiazole rings is 1. The van der Waals surface area contributed by atoms with E-state index in [9.17, 15) is 4.79 Å². The van der Waals surface area contributed by atoms with Crippen LogP contribution in [0.3, 0.4) is 0 Å². The molecular weight excluding hydrogens is 326 g/mol. The maximum absolute atomic E-state index is 12.8. The van der Waals surface area contributed by atoms with Gasteiger partial charge >= 0.3 is 0 Å². The fourth-order valence-corrected chi connectivity index (χ4v) is 4.65. The Kier molecular flexibility index (Phi) is 4.01. The van der Waals surface area contributed by atoms with Crippen LogP contribution in [-0.4, -0.2) is 42.0 Å². The molecule has 1 fully saturated rings. The van der Waals surface area contributed by atoms with Crippen LogP contribution in [0.4, 0.5) is 5.13 Å². The Morgan fingerprint density at radius 1 is 1.13 bits per heavy atom. The van der Waals surface area contributed by atoms with Crippen molar-refractivity contribution in [2.75, 3.05) is 31.1 Å². The molecule has 1 aromatic carbocycles. The number of carbonyl (C=O) groups excluding carboxylic acids is 1. The molecule has 0 aliphatic carbocycles. The molecule has 1 amide bonds. The van der Waals surface area contributed by atoms with Crippen molar-refractivity contribution in [3.05, 3.63) is 46.8 Å². The molecule has 0 N–H and O–H groups in total. The number of hydrogen-bond acceptors (Lipinski definition) is 5. The summed E-state index contributed by atoms with van der Waals surface area (Å²) in [6.45, 7) is 3.38. The van der Waals surface area contributed by atoms with Crippen molar-refractivity contribution < 1.29 is 4.79 Å². The molecule has 3 heterocycles. The highest BCUT2D eigenvalue weighted by molar-refractivity contribution is 7.20. The predicted molar refractivity (Wildman–Crippen MR) is 96.7 cm³/mol. The molecule has 0 bridgehead atoms. The molecule has 1 aliphatic heterocycles. The van der Waals surface area contributed by atoms with Gasteiger partial charge in [-0.3, -0.25) is 4.79 Å². The fourth-order valence-electron chi connectivity index (χ4n) is 2.93. The fraction of sp³-hybridized carbons (Fsp3) is 0.294. The second-order valence-corrected chi connectivity index (χ2v) is 7.55. The number of anilines is 1. The predicted octanol–water partition coefficient (Wildman–Crippen LogP) is 3.71. The average Bonchev–Trinajstić information content (AvgIpc) is 3.19. The van der Waals surface area contributed by atoms with Gasteiger partial charge in [0.15, 0.2) is 5.13 Å². The number of nitrogens with zero attached hydrogens (tertiary/aromatic N) is 3. The number of rotatable bonds is 2. The van der Waals surface area contributed by atoms with Crippen LogP contribution in [0.1, 0.15) is 16.1 Å². The molecule has 4 rings (SSSR count). The van der Waals surface area contributed by atoms with Crippen molar-refractivity contribution >= 4 is 43.8 Å². The van der Waals surface area contributed by atoms with Gasteiger partial charge in [0.2, 0.25) is 0 Å². The molecule has 0 atom stereocenters. The van der Waals surface area contributed by atoms with Gasteiger partial charge in [-0.2, -0.15) is 0 Å². The SMILES string of the molecule is O=C(c1cc2ccccc2s1)N1CCCN(c2nccs2)CC1. The Hall–Kier alpha value is -1.92. The maximum atomic E-state index is 12.8. The Morgan fingerprint density at radius 2 is 2.04 bits per heavy atom. The van der Waals surface area contributed by atoms with Gasteiger partial charge in [-0.15, -0.1) is 22.7 Å². The molecule has 0 unspecified atom stereocenters. The molecule has 23 heavy (non-hydrogen) atoms. The van der Waals surface area contributed by atoms with Gasteiger partial charge in [-0.1, -0.05) is 18.2 Å². The van der Waals surface area contributed by atoms with Crippen molar-refractivity contribution in [3.8, 4) is 0 Å². The Labute approximate surface area is 143 Å². The molecular formula is C17H17N3OS2. The van der Waals surface area contributed by atoms with Crippen molar-refractivity contribution in [1.29, 1.82) is 0 Å². The first-order valence-corrected chi connectivity index (χ1v) is 9.43. The number of hydrogen-bond donors (Lipinski definition) is 0. The standard InChI is InChI=1S/C17H17N3OS2/c21-16(15-12-13-4-1-2-5-14(13)23-15)19-7-3-8-20(10-9-19)17-18-6-11-22-17/h1-2,4-6,11-12H,3,7-10H2. The quantitative estimate of drug-likeness (QED) is 0.712. The monoisotopic (exact) mass is 343 g/mol. The van der Waals surface area contributed by atoms with E-state index in [-0.39, 0.29) is 5.91 Å². The smallest absolute Gasteiger partial charge is 0.264 e. The zero-order valence-electron chi connectivity index (χ0n) is 12.6. The van der Waals surface area contributed by atoms with Gasteiger partial charge in [0.05, 0.1) is 4.88 Å². The molecule has 118 valence electrons. The van der Waals surface area contributed by atoms with Gasteiger partial charge in [0.1, 0.15) is 0 Å². The summed E-state index contributed by atoms with van der Waals surface area (Å²) in [7, 11) is 0. The summed E-state index contributed by atoms with van der Waals surface area (Å²) in [5, 5.41) is 4.21. The van der Waals surface area contributed by atoms with E-state index in [4.69, 9.17) is 0 Å². The van der Waals surface area contributed by atoms with Gasteiger partial charge < -0.3 is 9.80 Å². The Morgan fingerprint density at radius 3 is 2.87 bits per heavy atom. The highest BCUT2D eigenvalue weighted by Crippen LogP contribution is 2.27. The van der Waals surface area contributed by atoms with E-state index in [0.717, 1.165) is 48.0 Å². The summed E-state index contributed by atoms with van der Waals surface area (Å²) in [5.74, 6) is 0.159. The Balaban J connectivity index is 1.50. The Bertz CT molecular complexity index is 779. The highest BCUT2D eigenvalue weighted by Gasteiger charge is 2.22. The van der Waals surface area contributed by atoms with Crippen LogP contribution >= 0.6 is 22.7 Å². The minimum atomic E-state index is 0.159. The summed E-state index contributed by atoms with van der Waals surface area (Å²) in [5.41, 5.74) is 0. The van der Waals surface area contributed by atoms with E-state index < -0.39 is 0 Å². The lowest BCUT2D eigenvalue weighted by molar-refractivity contribution is 0.0772. The molecule has 2 aromatic heterocycles. The van der Waals surface area contributed by atoms with Crippen LogP contribution in [-0.2, 0) is 0 Å². The van der Waals surface area contributed by atoms with Crippen LogP contribution in [0.15, 0.2) is 41.9 Å². The summed E-state index contributed by atoms with van der Waals surface area (Å²) in [6.07, 6.45) is 2.82. The minimum Gasteiger partial charge on any atom is -0.346 e. The van der Waals surface area contributed by atoms with E-state index in [1.54, 1.807) is 22.7 Å². The molecule has 1 aliphatic rings. The van der Waals surface area contributed by atoms with Crippen molar-refractivity contribution in [3.63, 3.8) is 0 Å².